The van der Waals surface area contributed by atoms with Gasteiger partial charge in [0.2, 0.25) is 5.71 Å². The second-order valence-corrected chi connectivity index (χ2v) is 7.32. The van der Waals surface area contributed by atoms with Crippen LogP contribution in [0, 0.1) is 0 Å². The lowest BCUT2D eigenvalue weighted by atomic mass is 10.1. The lowest BCUT2D eigenvalue weighted by Gasteiger charge is -2.16. The van der Waals surface area contributed by atoms with Gasteiger partial charge in [-0.1, -0.05) is 36.4 Å². The Morgan fingerprint density at radius 1 is 0.818 bits per heavy atom. The Hall–Kier alpha value is -4.07. The van der Waals surface area contributed by atoms with Crippen LogP contribution < -0.4 is 10.0 Å². The first kappa shape index (κ1) is 22.1. The highest BCUT2D eigenvalue weighted by Crippen LogP contribution is 2.29. The molecule has 0 saturated carbocycles. The van der Waals surface area contributed by atoms with Crippen molar-refractivity contribution in [3.05, 3.63) is 96.3 Å². The molecule has 0 spiro atoms. The van der Waals surface area contributed by atoms with Crippen LogP contribution in [0.4, 0.5) is 24.5 Å². The molecule has 0 saturated heterocycles. The summed E-state index contributed by atoms with van der Waals surface area (Å²) >= 11 is 0. The Morgan fingerprint density at radius 2 is 1.42 bits per heavy atom. The maximum absolute atomic E-state index is 13.8. The van der Waals surface area contributed by atoms with Gasteiger partial charge in [-0.05, 0) is 54.1 Å². The number of para-hydroxylation sites is 2. The Morgan fingerprint density at radius 3 is 2.03 bits per heavy atom. The number of hydrazone groups is 2. The fraction of sp³-hybridized carbons (Fsp3) is 0.120. The monoisotopic (exact) mass is 450 g/mol. The highest BCUT2D eigenvalue weighted by molar-refractivity contribution is 6.05. The van der Waals surface area contributed by atoms with E-state index in [-0.39, 0.29) is 5.76 Å². The first-order valence-electron chi connectivity index (χ1n) is 10.1. The Labute approximate surface area is 189 Å². The predicted octanol–water partition coefficient (Wildman–Crippen LogP) is 6.31. The number of anilines is 2. The first-order chi connectivity index (χ1) is 15.8. The minimum Gasteiger partial charge on any atom is -0.454 e. The van der Waals surface area contributed by atoms with Gasteiger partial charge in [0, 0.05) is 19.5 Å². The average molecular weight is 450 g/mol. The summed E-state index contributed by atoms with van der Waals surface area (Å²) in [5.74, 6) is -0.351. The summed E-state index contributed by atoms with van der Waals surface area (Å²) in [5, 5.41) is 11.6. The maximum atomic E-state index is 13.8. The molecule has 8 heteroatoms. The molecule has 33 heavy (non-hydrogen) atoms. The zero-order valence-corrected chi connectivity index (χ0v) is 18.0. The third-order valence-electron chi connectivity index (χ3n) is 4.93. The van der Waals surface area contributed by atoms with Crippen LogP contribution in [0.1, 0.15) is 11.3 Å². The molecule has 0 aliphatic heterocycles. The summed E-state index contributed by atoms with van der Waals surface area (Å²) in [6.45, 7) is 0. The van der Waals surface area contributed by atoms with Crippen molar-refractivity contribution in [2.24, 2.45) is 10.2 Å². The summed E-state index contributed by atoms with van der Waals surface area (Å²) in [6.07, 6.45) is -3.05. The molecule has 0 atom stereocenters. The lowest BCUT2D eigenvalue weighted by molar-refractivity contribution is -0.0590. The van der Waals surface area contributed by atoms with E-state index in [0.29, 0.717) is 16.7 Å². The Balaban J connectivity index is 1.63. The molecule has 0 unspecified atom stereocenters. The van der Waals surface area contributed by atoms with E-state index in [9.17, 15) is 13.2 Å². The predicted molar refractivity (Wildman–Crippen MR) is 126 cm³/mol. The van der Waals surface area contributed by atoms with E-state index in [1.54, 1.807) is 59.8 Å². The fourth-order valence-electron chi connectivity index (χ4n) is 3.22. The molecule has 4 rings (SSSR count). The molecule has 0 aliphatic rings. The summed E-state index contributed by atoms with van der Waals surface area (Å²) < 4.78 is 47.0. The van der Waals surface area contributed by atoms with E-state index in [0.717, 1.165) is 11.3 Å². The number of benzene rings is 3. The van der Waals surface area contributed by atoms with Crippen molar-refractivity contribution in [2.75, 3.05) is 24.1 Å². The van der Waals surface area contributed by atoms with E-state index >= 15 is 0 Å². The van der Waals surface area contributed by atoms with Gasteiger partial charge in [0.25, 0.3) is 0 Å². The maximum Gasteiger partial charge on any atom is 0.438 e. The Bertz CT molecular complexity index is 1280. The van der Waals surface area contributed by atoms with Gasteiger partial charge in [0.15, 0.2) is 5.76 Å². The number of nitrogens with zero attached hydrogens (tertiary/aromatic N) is 4. The van der Waals surface area contributed by atoms with Crippen LogP contribution in [0.25, 0.3) is 11.0 Å². The van der Waals surface area contributed by atoms with Gasteiger partial charge < -0.3 is 4.42 Å². The van der Waals surface area contributed by atoms with Crippen LogP contribution >= 0.6 is 0 Å². The SMILES string of the molecule is CN(/N=C(/c1cc2cc(/C=N/N(C)c3ccccc3)ccc2o1)C(F)(F)F)c1ccccc1. The molecular formula is C25H21F3N4O. The van der Waals surface area contributed by atoms with Gasteiger partial charge in [-0.15, -0.1) is 0 Å². The van der Waals surface area contributed by atoms with Crippen LogP contribution in [0.3, 0.4) is 0 Å². The smallest absolute Gasteiger partial charge is 0.438 e. The fourth-order valence-corrected chi connectivity index (χ4v) is 3.22. The molecule has 0 N–H and O–H groups in total. The number of halogens is 3. The topological polar surface area (TPSA) is 44.3 Å². The van der Waals surface area contributed by atoms with Crippen molar-refractivity contribution in [3.8, 4) is 0 Å². The third kappa shape index (κ3) is 5.23. The average Bonchev–Trinajstić information content (AvgIpc) is 3.24. The van der Waals surface area contributed by atoms with Crippen molar-refractivity contribution in [1.29, 1.82) is 0 Å². The largest absolute Gasteiger partial charge is 0.454 e. The highest BCUT2D eigenvalue weighted by Gasteiger charge is 2.40. The second-order valence-electron chi connectivity index (χ2n) is 7.32. The summed E-state index contributed by atoms with van der Waals surface area (Å²) in [4.78, 5) is 0. The molecule has 1 aromatic heterocycles. The van der Waals surface area contributed by atoms with Crippen molar-refractivity contribution in [2.45, 2.75) is 6.18 Å². The number of alkyl halides is 3. The van der Waals surface area contributed by atoms with Crippen molar-refractivity contribution in [1.82, 2.24) is 0 Å². The Kier molecular flexibility index (Phi) is 6.17. The number of hydrogen-bond donors (Lipinski definition) is 0. The van der Waals surface area contributed by atoms with Gasteiger partial charge in [-0.2, -0.15) is 23.4 Å². The van der Waals surface area contributed by atoms with Crippen molar-refractivity contribution in [3.63, 3.8) is 0 Å². The zero-order valence-electron chi connectivity index (χ0n) is 18.0. The van der Waals surface area contributed by atoms with Crippen molar-refractivity contribution >= 4 is 34.3 Å². The number of fused-ring (bicyclic) bond motifs is 1. The second kappa shape index (κ2) is 9.20. The molecule has 4 aromatic rings. The minimum atomic E-state index is -4.69. The molecule has 168 valence electrons. The summed E-state index contributed by atoms with van der Waals surface area (Å²) in [7, 11) is 3.27. The zero-order chi connectivity index (χ0) is 23.4. The van der Waals surface area contributed by atoms with Gasteiger partial charge >= 0.3 is 6.18 Å². The third-order valence-corrected chi connectivity index (χ3v) is 4.93. The van der Waals surface area contributed by atoms with Gasteiger partial charge in [0.05, 0.1) is 17.6 Å². The number of rotatable bonds is 6. The highest BCUT2D eigenvalue weighted by atomic mass is 19.4. The molecule has 0 radical (unpaired) electrons. The van der Waals surface area contributed by atoms with E-state index < -0.39 is 11.9 Å². The minimum absolute atomic E-state index is 0.331. The summed E-state index contributed by atoms with van der Waals surface area (Å²) in [5.41, 5.74) is 1.39. The molecule has 0 aliphatic carbocycles. The quantitative estimate of drug-likeness (QED) is 0.256. The van der Waals surface area contributed by atoms with Crippen LogP contribution in [0.15, 0.2) is 99.5 Å². The van der Waals surface area contributed by atoms with Gasteiger partial charge in [0.1, 0.15) is 5.58 Å². The molecule has 0 fully saturated rings. The van der Waals surface area contributed by atoms with E-state index in [1.165, 1.54) is 18.1 Å². The van der Waals surface area contributed by atoms with E-state index in [4.69, 9.17) is 4.42 Å². The molecule has 0 bridgehead atoms. The van der Waals surface area contributed by atoms with E-state index in [2.05, 4.69) is 10.2 Å². The first-order valence-corrected chi connectivity index (χ1v) is 10.1. The number of furan rings is 1. The molecule has 1 heterocycles. The van der Waals surface area contributed by atoms with Crippen molar-refractivity contribution < 1.29 is 17.6 Å². The number of hydrogen-bond acceptors (Lipinski definition) is 5. The summed E-state index contributed by atoms with van der Waals surface area (Å²) in [6, 6.07) is 24.6. The van der Waals surface area contributed by atoms with Crippen LogP contribution in [-0.2, 0) is 0 Å². The van der Waals surface area contributed by atoms with Crippen LogP contribution in [0.2, 0.25) is 0 Å². The van der Waals surface area contributed by atoms with E-state index in [1.807, 2.05) is 37.4 Å². The lowest BCUT2D eigenvalue weighted by Crippen LogP contribution is -2.27. The van der Waals surface area contributed by atoms with Crippen LogP contribution in [0.5, 0.6) is 0 Å². The molecular weight excluding hydrogens is 429 g/mol. The van der Waals surface area contributed by atoms with Gasteiger partial charge in [-0.3, -0.25) is 10.0 Å². The standard InChI is InChI=1S/C25H21F3N4O/c1-31(20-9-5-3-6-10-20)29-17-18-13-14-22-19(15-18)16-23(33-22)24(25(26,27)28)30-32(2)21-11-7-4-8-12-21/h3-17H,1-2H3/b29-17+,30-24-. The van der Waals surface area contributed by atoms with Gasteiger partial charge in [-0.25, -0.2) is 0 Å². The molecule has 5 nitrogen and oxygen atoms in total. The molecule has 3 aromatic carbocycles. The molecule has 0 amide bonds. The van der Waals surface area contributed by atoms with Crippen LogP contribution in [-0.4, -0.2) is 32.2 Å². The normalized spacial score (nSPS) is 12.5.